The van der Waals surface area contributed by atoms with Crippen LogP contribution in [0.5, 0.6) is 0 Å². The number of nitrogens with one attached hydrogen (secondary N) is 1. The van der Waals surface area contributed by atoms with Crippen molar-refractivity contribution in [2.24, 2.45) is 5.92 Å². The predicted molar refractivity (Wildman–Crippen MR) is 72.7 cm³/mol. The average Bonchev–Trinajstić information content (AvgIpc) is 2.47. The Labute approximate surface area is 116 Å². The van der Waals surface area contributed by atoms with Crippen molar-refractivity contribution in [2.75, 3.05) is 18.0 Å². The molecule has 0 radical (unpaired) electrons. The first-order valence-corrected chi connectivity index (χ1v) is 6.87. The molecule has 0 spiro atoms. The van der Waals surface area contributed by atoms with E-state index in [1.54, 1.807) is 6.07 Å². The number of nitrogens with zero attached hydrogens (tertiary/aromatic N) is 2. The van der Waals surface area contributed by atoms with Gasteiger partial charge in [0.1, 0.15) is 5.69 Å². The second-order valence-corrected chi connectivity index (χ2v) is 5.41. The van der Waals surface area contributed by atoms with Gasteiger partial charge in [-0.3, -0.25) is 4.79 Å². The van der Waals surface area contributed by atoms with E-state index in [1.165, 1.54) is 6.20 Å². The molecule has 6 heteroatoms. The van der Waals surface area contributed by atoms with Crippen molar-refractivity contribution in [2.45, 2.75) is 25.3 Å². The number of pyridine rings is 1. The number of piperidine rings is 2. The lowest BCUT2D eigenvalue weighted by Crippen LogP contribution is -2.54. The molecule has 2 saturated heterocycles. The van der Waals surface area contributed by atoms with Crippen LogP contribution in [0.15, 0.2) is 18.3 Å². The van der Waals surface area contributed by atoms with Gasteiger partial charge in [-0.1, -0.05) is 0 Å². The summed E-state index contributed by atoms with van der Waals surface area (Å²) >= 11 is 0. The molecule has 2 aliphatic heterocycles. The van der Waals surface area contributed by atoms with Crippen LogP contribution in [0.4, 0.5) is 5.69 Å². The van der Waals surface area contributed by atoms with Gasteiger partial charge in [0.15, 0.2) is 0 Å². The van der Waals surface area contributed by atoms with Gasteiger partial charge in [0, 0.05) is 37.4 Å². The third kappa shape index (κ3) is 2.45. The Kier molecular flexibility index (Phi) is 3.30. The van der Waals surface area contributed by atoms with E-state index in [1.807, 2.05) is 6.07 Å². The van der Waals surface area contributed by atoms with E-state index in [0.717, 1.165) is 31.6 Å². The number of fused-ring (bicyclic) bond motifs is 1. The lowest BCUT2D eigenvalue weighted by molar-refractivity contribution is -0.124. The molecule has 3 rings (SSSR count). The molecule has 6 nitrogen and oxygen atoms in total. The smallest absolute Gasteiger partial charge is 0.354 e. The monoisotopic (exact) mass is 275 g/mol. The van der Waals surface area contributed by atoms with Crippen molar-refractivity contribution >= 4 is 17.6 Å². The van der Waals surface area contributed by atoms with E-state index in [-0.39, 0.29) is 17.6 Å². The highest BCUT2D eigenvalue weighted by Gasteiger charge is 2.33. The predicted octanol–water partition coefficient (Wildman–Crippen LogP) is 0.885. The number of hydrogen-bond donors (Lipinski definition) is 2. The molecule has 0 aliphatic carbocycles. The van der Waals surface area contributed by atoms with Crippen LogP contribution in [0.1, 0.15) is 29.8 Å². The molecular weight excluding hydrogens is 258 g/mol. The van der Waals surface area contributed by atoms with Crippen molar-refractivity contribution in [3.05, 3.63) is 24.0 Å². The molecule has 0 saturated carbocycles. The highest BCUT2D eigenvalue weighted by atomic mass is 16.4. The van der Waals surface area contributed by atoms with E-state index in [4.69, 9.17) is 5.11 Å². The van der Waals surface area contributed by atoms with Crippen molar-refractivity contribution in [3.63, 3.8) is 0 Å². The highest BCUT2D eigenvalue weighted by Crippen LogP contribution is 2.28. The van der Waals surface area contributed by atoms with E-state index in [0.29, 0.717) is 12.3 Å². The topological polar surface area (TPSA) is 82.5 Å². The highest BCUT2D eigenvalue weighted by molar-refractivity contribution is 5.86. The second-order valence-electron chi connectivity index (χ2n) is 5.41. The summed E-state index contributed by atoms with van der Waals surface area (Å²) in [6, 6.07) is 3.73. The fourth-order valence-corrected chi connectivity index (χ4v) is 3.08. The zero-order chi connectivity index (χ0) is 14.1. The van der Waals surface area contributed by atoms with Gasteiger partial charge in [-0.15, -0.1) is 0 Å². The summed E-state index contributed by atoms with van der Waals surface area (Å²) in [7, 11) is 0. The van der Waals surface area contributed by atoms with Crippen LogP contribution in [0, 0.1) is 5.92 Å². The van der Waals surface area contributed by atoms with Crippen LogP contribution in [-0.4, -0.2) is 41.1 Å². The first-order chi connectivity index (χ1) is 9.63. The lowest BCUT2D eigenvalue weighted by Gasteiger charge is -2.42. The zero-order valence-corrected chi connectivity index (χ0v) is 11.1. The van der Waals surface area contributed by atoms with Crippen LogP contribution in [0.3, 0.4) is 0 Å². The Morgan fingerprint density at radius 2 is 2.30 bits per heavy atom. The van der Waals surface area contributed by atoms with Crippen molar-refractivity contribution in [3.8, 4) is 0 Å². The number of carbonyl (C=O) groups is 2. The number of carbonyl (C=O) groups excluding carboxylic acids is 1. The molecule has 0 aromatic carbocycles. The zero-order valence-electron chi connectivity index (χ0n) is 11.1. The van der Waals surface area contributed by atoms with Gasteiger partial charge in [0.05, 0.1) is 0 Å². The molecule has 2 atom stereocenters. The third-order valence-corrected chi connectivity index (χ3v) is 4.15. The Bertz CT molecular complexity index is 546. The summed E-state index contributed by atoms with van der Waals surface area (Å²) in [5, 5.41) is 12.0. The molecule has 2 unspecified atom stereocenters. The Hall–Kier alpha value is -2.11. The van der Waals surface area contributed by atoms with Crippen molar-refractivity contribution in [1.82, 2.24) is 10.3 Å². The molecular formula is C14H17N3O3. The number of rotatable bonds is 2. The minimum absolute atomic E-state index is 0.0709. The summed E-state index contributed by atoms with van der Waals surface area (Å²) in [6.07, 6.45) is 3.93. The van der Waals surface area contributed by atoms with Gasteiger partial charge in [0.2, 0.25) is 5.91 Å². The maximum atomic E-state index is 11.4. The molecule has 1 aromatic heterocycles. The normalized spacial score (nSPS) is 25.8. The number of carboxylic acid groups (broad SMARTS) is 1. The van der Waals surface area contributed by atoms with E-state index in [2.05, 4.69) is 15.2 Å². The summed E-state index contributed by atoms with van der Waals surface area (Å²) < 4.78 is 0. The van der Waals surface area contributed by atoms with Gasteiger partial charge >= 0.3 is 5.97 Å². The largest absolute Gasteiger partial charge is 0.477 e. The molecule has 2 fully saturated rings. The quantitative estimate of drug-likeness (QED) is 0.837. The molecule has 106 valence electrons. The Morgan fingerprint density at radius 3 is 3.10 bits per heavy atom. The number of hydrogen-bond acceptors (Lipinski definition) is 4. The fraction of sp³-hybridized carbons (Fsp3) is 0.500. The number of anilines is 1. The first-order valence-electron chi connectivity index (χ1n) is 6.87. The van der Waals surface area contributed by atoms with Crippen molar-refractivity contribution in [1.29, 1.82) is 0 Å². The van der Waals surface area contributed by atoms with Gasteiger partial charge in [-0.05, 0) is 30.9 Å². The van der Waals surface area contributed by atoms with Crippen LogP contribution in [0.25, 0.3) is 0 Å². The molecule has 3 heterocycles. The van der Waals surface area contributed by atoms with E-state index >= 15 is 0 Å². The molecule has 20 heavy (non-hydrogen) atoms. The van der Waals surface area contributed by atoms with Gasteiger partial charge in [-0.25, -0.2) is 9.78 Å². The minimum Gasteiger partial charge on any atom is -0.477 e. The lowest BCUT2D eigenvalue weighted by atomic mass is 9.85. The molecule has 1 aromatic rings. The second kappa shape index (κ2) is 5.11. The Morgan fingerprint density at radius 1 is 1.45 bits per heavy atom. The van der Waals surface area contributed by atoms with Crippen LogP contribution in [0.2, 0.25) is 0 Å². The summed E-state index contributed by atoms with van der Waals surface area (Å²) in [4.78, 5) is 28.4. The number of amides is 1. The average molecular weight is 275 g/mol. The maximum Gasteiger partial charge on any atom is 0.354 e. The molecule has 2 aliphatic rings. The molecule has 0 bridgehead atoms. The van der Waals surface area contributed by atoms with Gasteiger partial charge in [-0.2, -0.15) is 0 Å². The van der Waals surface area contributed by atoms with E-state index < -0.39 is 5.97 Å². The number of aromatic carboxylic acids is 1. The van der Waals surface area contributed by atoms with E-state index in [9.17, 15) is 9.59 Å². The number of aromatic nitrogens is 1. The first kappa shape index (κ1) is 12.9. The minimum atomic E-state index is -1.01. The Balaban J connectivity index is 1.74. The fourth-order valence-electron chi connectivity index (χ4n) is 3.08. The van der Waals surface area contributed by atoms with Crippen molar-refractivity contribution < 1.29 is 14.7 Å². The van der Waals surface area contributed by atoms with Crippen LogP contribution in [-0.2, 0) is 4.79 Å². The van der Waals surface area contributed by atoms with Gasteiger partial charge < -0.3 is 15.3 Å². The molecule has 2 N–H and O–H groups in total. The van der Waals surface area contributed by atoms with Gasteiger partial charge in [0.25, 0.3) is 0 Å². The number of carboxylic acids is 1. The standard InChI is InChI=1S/C14H17N3O3/c18-13-2-1-9-8-17(6-4-11(9)16-13)10-3-5-15-12(7-10)14(19)20/h3,5,7,9,11H,1-2,4,6,8H2,(H,16,18)(H,19,20). The summed E-state index contributed by atoms with van der Waals surface area (Å²) in [6.45, 7) is 1.68. The third-order valence-electron chi connectivity index (χ3n) is 4.15. The van der Waals surface area contributed by atoms with Crippen LogP contribution < -0.4 is 10.2 Å². The summed E-state index contributed by atoms with van der Waals surface area (Å²) in [5.74, 6) is -0.411. The van der Waals surface area contributed by atoms with Crippen LogP contribution >= 0.6 is 0 Å². The SMILES string of the molecule is O=C1CCC2CN(c3ccnc(C(=O)O)c3)CCC2N1. The molecule has 1 amide bonds. The summed E-state index contributed by atoms with van der Waals surface area (Å²) in [5.41, 5.74) is 0.967. The maximum absolute atomic E-state index is 11.4.